The molecule has 214 valence electrons. The molecule has 0 aliphatic carbocycles. The average molecular weight is 549 g/mol. The number of carbonyl (C=O) groups excluding carboxylic acids is 1. The zero-order valence-corrected chi connectivity index (χ0v) is 23.4. The number of halogens is 3. The first-order valence-electron chi connectivity index (χ1n) is 13.5. The van der Waals surface area contributed by atoms with Crippen LogP contribution < -0.4 is 4.74 Å². The molecule has 0 radical (unpaired) electrons. The van der Waals surface area contributed by atoms with Crippen LogP contribution in [0.3, 0.4) is 0 Å². The van der Waals surface area contributed by atoms with Gasteiger partial charge in [0, 0.05) is 57.6 Å². The maximum atomic E-state index is 13.0. The Balaban J connectivity index is 1.33. The predicted molar refractivity (Wildman–Crippen MR) is 143 cm³/mol. The molecule has 0 spiro atoms. The molecule has 4 rings (SSSR count). The topological polar surface area (TPSA) is 58.1 Å². The van der Waals surface area contributed by atoms with Gasteiger partial charge in [0.15, 0.2) is 0 Å². The Morgan fingerprint density at radius 2 is 1.87 bits per heavy atom. The van der Waals surface area contributed by atoms with Crippen molar-refractivity contribution in [1.82, 2.24) is 19.7 Å². The summed E-state index contributed by atoms with van der Waals surface area (Å²) in [5, 5.41) is 0. The van der Waals surface area contributed by atoms with E-state index in [1.807, 2.05) is 0 Å². The minimum atomic E-state index is -4.47. The molecule has 1 amide bonds. The highest BCUT2D eigenvalue weighted by molar-refractivity contribution is 5.93. The van der Waals surface area contributed by atoms with Crippen LogP contribution >= 0.6 is 0 Å². The zero-order chi connectivity index (χ0) is 28.3. The van der Waals surface area contributed by atoms with Crippen LogP contribution in [0, 0.1) is 13.8 Å². The van der Waals surface area contributed by atoms with Gasteiger partial charge < -0.3 is 19.3 Å². The van der Waals surface area contributed by atoms with Crippen LogP contribution in [0.5, 0.6) is 5.75 Å². The van der Waals surface area contributed by atoms with Gasteiger partial charge in [-0.25, -0.2) is 0 Å². The second kappa shape index (κ2) is 12.2. The first kappa shape index (κ1) is 29.3. The number of benzene rings is 1. The number of pyridine rings is 1. The van der Waals surface area contributed by atoms with Gasteiger partial charge in [0.2, 0.25) is 0 Å². The second-order valence-electron chi connectivity index (χ2n) is 10.7. The summed E-state index contributed by atoms with van der Waals surface area (Å²) >= 11 is 0. The monoisotopic (exact) mass is 548 g/mol. The number of ether oxygens (including phenoxy) is 2. The molecule has 3 heterocycles. The number of nitrogens with zero attached hydrogens (tertiary/aromatic N) is 4. The fraction of sp³-hybridized carbons (Fsp3) is 0.586. The molecule has 0 unspecified atom stereocenters. The van der Waals surface area contributed by atoms with Gasteiger partial charge in [-0.15, -0.1) is 0 Å². The SMILES string of the molecule is COCCN(C)CCCOc1ccc([C@H](C)N2C[C@H]3C[C@@H]2CN3C(=O)c2ccc(C(F)(F)F)cn2)c(C)c1C. The number of amides is 1. The molecular weight excluding hydrogens is 509 g/mol. The molecule has 1 aromatic carbocycles. The molecule has 10 heteroatoms. The van der Waals surface area contributed by atoms with E-state index in [1.165, 1.54) is 17.2 Å². The molecule has 2 saturated heterocycles. The Kier molecular flexibility index (Phi) is 9.18. The summed E-state index contributed by atoms with van der Waals surface area (Å²) in [5.74, 6) is 0.605. The summed E-state index contributed by atoms with van der Waals surface area (Å²) in [6.45, 7) is 10.9. The molecule has 0 saturated carbocycles. The Labute approximate surface area is 228 Å². The number of hydrogen-bond donors (Lipinski definition) is 0. The van der Waals surface area contributed by atoms with E-state index in [4.69, 9.17) is 9.47 Å². The lowest BCUT2D eigenvalue weighted by atomic mass is 9.96. The molecular formula is C29H39F3N4O3. The van der Waals surface area contributed by atoms with E-state index >= 15 is 0 Å². The van der Waals surface area contributed by atoms with Gasteiger partial charge in [-0.1, -0.05) is 6.07 Å². The quantitative estimate of drug-likeness (QED) is 0.379. The minimum absolute atomic E-state index is 0.0278. The van der Waals surface area contributed by atoms with E-state index in [1.54, 1.807) is 12.0 Å². The van der Waals surface area contributed by atoms with Crippen LogP contribution in [0.25, 0.3) is 0 Å². The number of aromatic nitrogens is 1. The van der Waals surface area contributed by atoms with Gasteiger partial charge in [-0.3, -0.25) is 14.7 Å². The number of fused-ring (bicyclic) bond motifs is 2. The molecule has 2 bridgehead atoms. The highest BCUT2D eigenvalue weighted by Crippen LogP contribution is 2.39. The van der Waals surface area contributed by atoms with Crippen LogP contribution in [-0.2, 0) is 10.9 Å². The molecule has 2 aromatic rings. The lowest BCUT2D eigenvalue weighted by Gasteiger charge is -2.38. The maximum Gasteiger partial charge on any atom is 0.417 e. The van der Waals surface area contributed by atoms with Crippen molar-refractivity contribution in [2.45, 2.75) is 57.9 Å². The van der Waals surface area contributed by atoms with Gasteiger partial charge in [0.05, 0.1) is 18.8 Å². The summed E-state index contributed by atoms with van der Waals surface area (Å²) in [6.07, 6.45) is -1.95. The molecule has 1 aromatic heterocycles. The second-order valence-corrected chi connectivity index (χ2v) is 10.7. The first-order valence-corrected chi connectivity index (χ1v) is 13.5. The number of hydrogen-bond acceptors (Lipinski definition) is 6. The Hall–Kier alpha value is -2.69. The fourth-order valence-electron chi connectivity index (χ4n) is 5.74. The number of piperazine rings is 1. The summed E-state index contributed by atoms with van der Waals surface area (Å²) in [5.41, 5.74) is 2.80. The molecule has 39 heavy (non-hydrogen) atoms. The number of methoxy groups -OCH3 is 1. The Bertz CT molecular complexity index is 1140. The first-order chi connectivity index (χ1) is 18.5. The summed E-state index contributed by atoms with van der Waals surface area (Å²) in [4.78, 5) is 23.3. The summed E-state index contributed by atoms with van der Waals surface area (Å²) < 4.78 is 49.8. The normalized spacial score (nSPS) is 20.2. The predicted octanol–water partition coefficient (Wildman–Crippen LogP) is 4.72. The van der Waals surface area contributed by atoms with Crippen LogP contribution in [0.1, 0.15) is 58.5 Å². The molecule has 2 fully saturated rings. The van der Waals surface area contributed by atoms with Crippen LogP contribution in [-0.4, -0.2) is 91.2 Å². The van der Waals surface area contributed by atoms with Gasteiger partial charge in [0.1, 0.15) is 11.4 Å². The zero-order valence-electron chi connectivity index (χ0n) is 23.4. The lowest BCUT2D eigenvalue weighted by Crippen LogP contribution is -2.49. The standard InChI is InChI=1S/C29H39F3N4O3/c1-19-20(2)27(39-13-6-11-34(4)12-14-38-5)10-8-25(19)21(3)35-17-24-15-23(35)18-36(24)28(37)26-9-7-22(16-33-26)29(30,31)32/h7-10,16,21,23-24H,6,11-15,17-18H2,1-5H3/t21-,23+,24+/m0/s1. The van der Waals surface area contributed by atoms with Gasteiger partial charge in [0.25, 0.3) is 5.91 Å². The van der Waals surface area contributed by atoms with Gasteiger partial charge in [-0.05, 0) is 75.5 Å². The molecule has 7 nitrogen and oxygen atoms in total. The van der Waals surface area contributed by atoms with E-state index in [9.17, 15) is 18.0 Å². The van der Waals surface area contributed by atoms with Crippen molar-refractivity contribution < 1.29 is 27.4 Å². The third-order valence-electron chi connectivity index (χ3n) is 8.20. The van der Waals surface area contributed by atoms with Crippen molar-refractivity contribution in [3.63, 3.8) is 0 Å². The van der Waals surface area contributed by atoms with Crippen LogP contribution in [0.15, 0.2) is 30.5 Å². The van der Waals surface area contributed by atoms with E-state index in [-0.39, 0.29) is 29.7 Å². The van der Waals surface area contributed by atoms with Crippen LogP contribution in [0.2, 0.25) is 0 Å². The highest BCUT2D eigenvalue weighted by atomic mass is 19.4. The summed E-state index contributed by atoms with van der Waals surface area (Å²) in [6, 6.07) is 6.70. The highest BCUT2D eigenvalue weighted by Gasteiger charge is 2.47. The molecule has 0 N–H and O–H groups in total. The third-order valence-corrected chi connectivity index (χ3v) is 8.20. The van der Waals surface area contributed by atoms with Gasteiger partial charge in [-0.2, -0.15) is 13.2 Å². The van der Waals surface area contributed by atoms with Gasteiger partial charge >= 0.3 is 6.18 Å². The number of carbonyl (C=O) groups is 1. The largest absolute Gasteiger partial charge is 0.493 e. The Morgan fingerprint density at radius 1 is 1.10 bits per heavy atom. The number of rotatable bonds is 11. The molecule has 3 atom stereocenters. The van der Waals surface area contributed by atoms with E-state index < -0.39 is 11.7 Å². The smallest absolute Gasteiger partial charge is 0.417 e. The van der Waals surface area contributed by atoms with Crippen molar-refractivity contribution in [2.24, 2.45) is 0 Å². The van der Waals surface area contributed by atoms with Crippen LogP contribution in [0.4, 0.5) is 13.2 Å². The van der Waals surface area contributed by atoms with E-state index in [0.29, 0.717) is 13.2 Å². The number of likely N-dealkylation sites (N-methyl/N-ethyl adjacent to an activating group) is 1. The Morgan fingerprint density at radius 3 is 2.49 bits per heavy atom. The van der Waals surface area contributed by atoms with Crippen molar-refractivity contribution in [1.29, 1.82) is 0 Å². The van der Waals surface area contributed by atoms with Crippen molar-refractivity contribution in [3.05, 3.63) is 58.4 Å². The molecule has 2 aliphatic heterocycles. The maximum absolute atomic E-state index is 13.0. The van der Waals surface area contributed by atoms with E-state index in [2.05, 4.69) is 54.7 Å². The lowest BCUT2D eigenvalue weighted by molar-refractivity contribution is -0.137. The number of alkyl halides is 3. The van der Waals surface area contributed by atoms with Crippen molar-refractivity contribution in [3.8, 4) is 5.75 Å². The van der Waals surface area contributed by atoms with Crippen molar-refractivity contribution >= 4 is 5.91 Å². The fourth-order valence-corrected chi connectivity index (χ4v) is 5.74. The summed E-state index contributed by atoms with van der Waals surface area (Å²) in [7, 11) is 3.79. The number of likely N-dealkylation sites (tertiary alicyclic amines) is 2. The van der Waals surface area contributed by atoms with E-state index in [0.717, 1.165) is 62.7 Å². The third kappa shape index (κ3) is 6.56. The van der Waals surface area contributed by atoms with Crippen molar-refractivity contribution in [2.75, 3.05) is 53.6 Å². The molecule has 2 aliphatic rings. The average Bonchev–Trinajstić information content (AvgIpc) is 3.52. The minimum Gasteiger partial charge on any atom is -0.493 e.